The summed E-state index contributed by atoms with van der Waals surface area (Å²) in [6, 6.07) is 20.7. The number of hydrogen-bond acceptors (Lipinski definition) is 13. The minimum absolute atomic E-state index is 0.0500. The van der Waals surface area contributed by atoms with Crippen molar-refractivity contribution in [1.29, 1.82) is 5.26 Å². The van der Waals surface area contributed by atoms with Crippen LogP contribution in [0, 0.1) is 11.3 Å². The average molecular weight is 720 g/mol. The first-order valence-electron chi connectivity index (χ1n) is 17.1. The van der Waals surface area contributed by atoms with Crippen LogP contribution in [0.4, 0.5) is 0 Å². The number of nitrogens with one attached hydrogen (secondary N) is 3. The first-order chi connectivity index (χ1) is 25.8. The molecular formula is C38H37N7O8. The van der Waals surface area contributed by atoms with E-state index in [1.54, 1.807) is 31.2 Å². The van der Waals surface area contributed by atoms with Crippen LogP contribution in [0.5, 0.6) is 17.2 Å². The van der Waals surface area contributed by atoms with E-state index in [9.17, 15) is 24.8 Å². The molecule has 3 aliphatic heterocycles. The second-order valence-corrected chi connectivity index (χ2v) is 12.1. The molecule has 0 radical (unpaired) electrons. The molecule has 272 valence electrons. The van der Waals surface area contributed by atoms with E-state index in [1.165, 1.54) is 6.07 Å². The standard InChI is InChI=1S/C38H37N7O8/c1-2-50-32(48)14-10-24-17-26(34-40-15-6-16-41-34)20-27(18-24)52-37-33-35(42-28(36(49)43-33)11-13-31(46)47)44-38(45-37)53-30-19-25(21-39)9-12-29(30)51-22-23-7-4-3-5-8-23/h3-5,7-9,12,15,17-20,28,34,41H,2,6,10-11,13-14,16,22H2,1H3,(H,43,49)(H,46,47)(H,42,44,45). The lowest BCUT2D eigenvalue weighted by atomic mass is 10.0. The molecule has 0 fully saturated rings. The van der Waals surface area contributed by atoms with Crippen LogP contribution in [0.2, 0.25) is 0 Å². The molecule has 3 aliphatic rings. The number of aliphatic imine (C=N–C) groups is 3. The van der Waals surface area contributed by atoms with E-state index in [2.05, 4.69) is 37.0 Å². The molecule has 2 atom stereocenters. The van der Waals surface area contributed by atoms with Crippen molar-refractivity contribution in [3.05, 3.63) is 101 Å². The number of rotatable bonds is 14. The van der Waals surface area contributed by atoms with Crippen molar-refractivity contribution >= 4 is 35.9 Å². The fraction of sp³-hybridized carbons (Fsp3) is 0.289. The van der Waals surface area contributed by atoms with Crippen LogP contribution >= 0.6 is 0 Å². The van der Waals surface area contributed by atoms with E-state index in [0.29, 0.717) is 23.5 Å². The second kappa shape index (κ2) is 17.1. The number of hydrogen-bond donors (Lipinski definition) is 4. The van der Waals surface area contributed by atoms with E-state index in [0.717, 1.165) is 29.7 Å². The Bertz CT molecular complexity index is 2040. The quantitative estimate of drug-likeness (QED) is 0.175. The van der Waals surface area contributed by atoms with Crippen LogP contribution in [-0.4, -0.2) is 60.2 Å². The molecule has 6 rings (SSSR count). The number of amides is 1. The summed E-state index contributed by atoms with van der Waals surface area (Å²) in [5.41, 5.74) is 2.88. The van der Waals surface area contributed by atoms with Crippen molar-refractivity contribution in [2.45, 2.75) is 57.8 Å². The number of nitriles is 1. The zero-order valence-corrected chi connectivity index (χ0v) is 28.8. The van der Waals surface area contributed by atoms with Gasteiger partial charge in [-0.25, -0.2) is 0 Å². The maximum atomic E-state index is 13.1. The molecule has 1 amide bonds. The molecule has 0 spiro atoms. The average Bonchev–Trinajstić information content (AvgIpc) is 3.17. The summed E-state index contributed by atoms with van der Waals surface area (Å²) in [7, 11) is 0. The number of aliphatic carboxylic acids is 1. The predicted molar refractivity (Wildman–Crippen MR) is 192 cm³/mol. The van der Waals surface area contributed by atoms with Crippen molar-refractivity contribution < 1.29 is 38.4 Å². The van der Waals surface area contributed by atoms with Crippen LogP contribution in [0.15, 0.2) is 93.3 Å². The topological polar surface area (TPSA) is 205 Å². The number of aryl methyl sites for hydroxylation is 1. The van der Waals surface area contributed by atoms with Gasteiger partial charge in [0.1, 0.15) is 30.3 Å². The Labute approximate surface area is 305 Å². The number of carboxylic acids is 1. The van der Waals surface area contributed by atoms with Gasteiger partial charge in [-0.3, -0.25) is 35.0 Å². The van der Waals surface area contributed by atoms with Crippen LogP contribution < -0.4 is 30.2 Å². The lowest BCUT2D eigenvalue weighted by Crippen LogP contribution is -2.51. The first-order valence-corrected chi connectivity index (χ1v) is 17.1. The van der Waals surface area contributed by atoms with E-state index in [-0.39, 0.29) is 73.8 Å². The number of carbonyl (C=O) groups is 3. The maximum absolute atomic E-state index is 13.1. The molecular weight excluding hydrogens is 682 g/mol. The molecule has 15 nitrogen and oxygen atoms in total. The Morgan fingerprint density at radius 3 is 2.60 bits per heavy atom. The third-order valence-electron chi connectivity index (χ3n) is 8.17. The van der Waals surface area contributed by atoms with Crippen molar-refractivity contribution in [3.63, 3.8) is 0 Å². The molecule has 53 heavy (non-hydrogen) atoms. The third-order valence-corrected chi connectivity index (χ3v) is 8.17. The minimum Gasteiger partial charge on any atom is -0.485 e. The van der Waals surface area contributed by atoms with Gasteiger partial charge in [-0.2, -0.15) is 10.3 Å². The smallest absolute Gasteiger partial charge is 0.306 e. The highest BCUT2D eigenvalue weighted by molar-refractivity contribution is 6.14. The van der Waals surface area contributed by atoms with Gasteiger partial charge < -0.3 is 29.4 Å². The van der Waals surface area contributed by atoms with E-state index in [4.69, 9.17) is 18.9 Å². The highest BCUT2D eigenvalue weighted by Crippen LogP contribution is 2.32. The van der Waals surface area contributed by atoms with Crippen molar-refractivity contribution in [2.24, 2.45) is 15.0 Å². The maximum Gasteiger partial charge on any atom is 0.306 e. The van der Waals surface area contributed by atoms with Gasteiger partial charge in [0, 0.05) is 31.7 Å². The Kier molecular flexibility index (Phi) is 11.7. The fourth-order valence-corrected chi connectivity index (χ4v) is 5.63. The number of carbonyl (C=O) groups excluding carboxylic acids is 2. The summed E-state index contributed by atoms with van der Waals surface area (Å²) >= 11 is 0. The lowest BCUT2D eigenvalue weighted by Gasteiger charge is -2.28. The van der Waals surface area contributed by atoms with Crippen molar-refractivity contribution in [2.75, 3.05) is 13.2 Å². The lowest BCUT2D eigenvalue weighted by molar-refractivity contribution is -0.143. The Morgan fingerprint density at radius 2 is 1.85 bits per heavy atom. The van der Waals surface area contributed by atoms with E-state index >= 15 is 0 Å². The number of fused-ring (bicyclic) bond motifs is 1. The molecule has 15 heteroatoms. The van der Waals surface area contributed by atoms with Crippen molar-refractivity contribution in [3.8, 4) is 23.3 Å². The minimum atomic E-state index is -1.07. The van der Waals surface area contributed by atoms with Gasteiger partial charge in [0.05, 0.1) is 18.2 Å². The summed E-state index contributed by atoms with van der Waals surface area (Å²) in [4.78, 5) is 50.3. The molecule has 2 unspecified atom stereocenters. The van der Waals surface area contributed by atoms with E-state index < -0.39 is 17.9 Å². The SMILES string of the molecule is CCOC(=O)CCc1cc(OC2=C3NC(=O)C(CCC(=O)O)N=C3NC(Oc3cc(C#N)ccc3OCc3ccccc3)=N2)cc(C2N=CCCN2)c1. The molecule has 0 bridgehead atoms. The number of nitrogens with zero attached hydrogens (tertiary/aromatic N) is 4. The molecule has 0 aromatic heterocycles. The zero-order valence-electron chi connectivity index (χ0n) is 28.8. The first kappa shape index (κ1) is 36.3. The summed E-state index contributed by atoms with van der Waals surface area (Å²) in [6.07, 6.45) is 2.45. The molecule has 3 aromatic rings. The monoisotopic (exact) mass is 719 g/mol. The Hall–Kier alpha value is -6.53. The normalized spacial score (nSPS) is 17.6. The highest BCUT2D eigenvalue weighted by atomic mass is 16.5. The van der Waals surface area contributed by atoms with Crippen molar-refractivity contribution in [1.82, 2.24) is 16.0 Å². The second-order valence-electron chi connectivity index (χ2n) is 12.1. The summed E-state index contributed by atoms with van der Waals surface area (Å²) in [5, 5.41) is 28.0. The van der Waals surface area contributed by atoms with E-state index in [1.807, 2.05) is 42.6 Å². The molecule has 3 heterocycles. The molecule has 0 saturated carbocycles. The zero-order chi connectivity index (χ0) is 37.2. The summed E-state index contributed by atoms with van der Waals surface area (Å²) in [5.74, 6) is -1.07. The largest absolute Gasteiger partial charge is 0.485 e. The van der Waals surface area contributed by atoms with Gasteiger partial charge in [0.2, 0.25) is 5.91 Å². The van der Waals surface area contributed by atoms with Gasteiger partial charge in [-0.15, -0.1) is 0 Å². The van der Waals surface area contributed by atoms with Crippen LogP contribution in [0.3, 0.4) is 0 Å². The van der Waals surface area contributed by atoms with Gasteiger partial charge in [-0.1, -0.05) is 36.4 Å². The van der Waals surface area contributed by atoms with Crippen LogP contribution in [0.1, 0.15) is 61.0 Å². The van der Waals surface area contributed by atoms with Gasteiger partial charge in [0.15, 0.2) is 17.3 Å². The number of benzene rings is 3. The Morgan fingerprint density at radius 1 is 1.00 bits per heavy atom. The third kappa shape index (κ3) is 9.63. The number of amidine groups is 2. The molecule has 0 saturated heterocycles. The number of carboxylic acid groups (broad SMARTS) is 1. The number of ether oxygens (including phenoxy) is 4. The highest BCUT2D eigenvalue weighted by Gasteiger charge is 2.34. The van der Waals surface area contributed by atoms with Gasteiger partial charge in [-0.05, 0) is 67.1 Å². The van der Waals surface area contributed by atoms with Crippen LogP contribution in [0.25, 0.3) is 0 Å². The summed E-state index contributed by atoms with van der Waals surface area (Å²) in [6.45, 7) is 2.97. The Balaban J connectivity index is 1.36. The summed E-state index contributed by atoms with van der Waals surface area (Å²) < 4.78 is 23.8. The number of esters is 1. The molecule has 0 aliphatic carbocycles. The predicted octanol–water partition coefficient (Wildman–Crippen LogP) is 4.04. The van der Waals surface area contributed by atoms with Gasteiger partial charge in [0.25, 0.3) is 5.88 Å². The van der Waals surface area contributed by atoms with Crippen LogP contribution in [-0.2, 0) is 32.1 Å². The molecule has 3 aromatic carbocycles. The fourth-order valence-electron chi connectivity index (χ4n) is 5.63. The van der Waals surface area contributed by atoms with Gasteiger partial charge >= 0.3 is 18.0 Å². The molecule has 4 N–H and O–H groups in total.